The molecule has 1 saturated carbocycles. The predicted octanol–water partition coefficient (Wildman–Crippen LogP) is 2.86. The Bertz CT molecular complexity index is 706. The van der Waals surface area contributed by atoms with Crippen molar-refractivity contribution in [3.8, 4) is 6.07 Å². The Morgan fingerprint density at radius 2 is 1.96 bits per heavy atom. The number of aromatic amines is 1. The van der Waals surface area contributed by atoms with Crippen LogP contribution in [-0.2, 0) is 11.0 Å². The minimum atomic E-state index is -4.92. The first-order valence-electron chi connectivity index (χ1n) is 8.41. The average Bonchev–Trinajstić information content (AvgIpc) is 2.70. The van der Waals surface area contributed by atoms with Crippen molar-refractivity contribution in [1.82, 2.24) is 15.1 Å². The van der Waals surface area contributed by atoms with E-state index in [9.17, 15) is 22.8 Å². The number of amides is 1. The summed E-state index contributed by atoms with van der Waals surface area (Å²) in [6.07, 6.45) is 0.816. The molecule has 1 aliphatic carbocycles. The van der Waals surface area contributed by atoms with E-state index in [4.69, 9.17) is 5.26 Å². The van der Waals surface area contributed by atoms with E-state index < -0.39 is 34.9 Å². The lowest BCUT2D eigenvalue weighted by atomic mass is 10.1. The number of H-pyrrole nitrogens is 1. The lowest BCUT2D eigenvalue weighted by molar-refractivity contribution is -0.146. The van der Waals surface area contributed by atoms with E-state index in [2.05, 4.69) is 5.32 Å². The zero-order valence-electron chi connectivity index (χ0n) is 13.9. The molecule has 0 aromatic carbocycles. The van der Waals surface area contributed by atoms with Crippen LogP contribution in [-0.4, -0.2) is 21.7 Å². The molecule has 138 valence electrons. The minimum Gasteiger partial charge on any atom is -0.352 e. The molecule has 1 aromatic heterocycles. The zero-order valence-corrected chi connectivity index (χ0v) is 13.9. The molecular weight excluding hydrogens is 337 g/mol. The Kier molecular flexibility index (Phi) is 5.93. The van der Waals surface area contributed by atoms with Crippen LogP contribution in [0.4, 0.5) is 13.2 Å². The molecule has 1 atom stereocenters. The number of nitriles is 1. The molecule has 0 radical (unpaired) electrons. The zero-order chi connectivity index (χ0) is 18.6. The molecule has 6 nitrogen and oxygen atoms in total. The Morgan fingerprint density at radius 1 is 1.36 bits per heavy atom. The second-order valence-corrected chi connectivity index (χ2v) is 6.27. The van der Waals surface area contributed by atoms with Crippen LogP contribution in [0.5, 0.6) is 0 Å². The van der Waals surface area contributed by atoms with E-state index in [-0.39, 0.29) is 12.5 Å². The van der Waals surface area contributed by atoms with E-state index in [1.807, 2.05) is 5.10 Å². The van der Waals surface area contributed by atoms with Crippen LogP contribution < -0.4 is 10.9 Å². The highest BCUT2D eigenvalue weighted by Gasteiger charge is 2.42. The van der Waals surface area contributed by atoms with Gasteiger partial charge in [0.15, 0.2) is 5.69 Å². The van der Waals surface area contributed by atoms with Gasteiger partial charge in [0.05, 0.1) is 0 Å². The van der Waals surface area contributed by atoms with Crippen LogP contribution in [0, 0.1) is 11.3 Å². The highest BCUT2D eigenvalue weighted by molar-refractivity contribution is 5.80. The maximum atomic E-state index is 13.3. The van der Waals surface area contributed by atoms with Crippen molar-refractivity contribution < 1.29 is 18.0 Å². The minimum absolute atomic E-state index is 0.0527. The molecule has 1 heterocycles. The van der Waals surface area contributed by atoms with Crippen molar-refractivity contribution in [3.05, 3.63) is 21.6 Å². The molecule has 2 N–H and O–H groups in total. The largest absolute Gasteiger partial charge is 0.434 e. The first-order chi connectivity index (χ1) is 11.8. The van der Waals surface area contributed by atoms with Gasteiger partial charge in [0.2, 0.25) is 5.91 Å². The summed E-state index contributed by atoms with van der Waals surface area (Å²) < 4.78 is 40.5. The number of nitrogens with one attached hydrogen (secondary N) is 2. The van der Waals surface area contributed by atoms with Crippen LogP contribution >= 0.6 is 0 Å². The molecule has 0 aliphatic heterocycles. The maximum absolute atomic E-state index is 13.3. The number of nitrogens with zero attached hydrogens (tertiary/aromatic N) is 2. The third-order valence-electron chi connectivity index (χ3n) is 4.51. The second-order valence-electron chi connectivity index (χ2n) is 6.27. The van der Waals surface area contributed by atoms with Crippen molar-refractivity contribution >= 4 is 5.91 Å². The molecule has 1 aliphatic rings. The summed E-state index contributed by atoms with van der Waals surface area (Å²) in [7, 11) is 0. The normalized spacial score (nSPS) is 17.6. The average molecular weight is 358 g/mol. The Balaban J connectivity index is 2.32. The second kappa shape index (κ2) is 7.76. The molecule has 0 spiro atoms. The molecule has 2 rings (SSSR count). The van der Waals surface area contributed by atoms with Gasteiger partial charge in [0.25, 0.3) is 5.56 Å². The summed E-state index contributed by atoms with van der Waals surface area (Å²) in [4.78, 5) is 24.2. The van der Waals surface area contributed by atoms with Crippen molar-refractivity contribution in [2.24, 2.45) is 0 Å². The smallest absolute Gasteiger partial charge is 0.352 e. The molecule has 0 saturated heterocycles. The third kappa shape index (κ3) is 4.24. The van der Waals surface area contributed by atoms with Gasteiger partial charge < -0.3 is 5.32 Å². The molecule has 1 fully saturated rings. The lowest BCUT2D eigenvalue weighted by Crippen LogP contribution is -2.40. The number of halogens is 3. The molecule has 25 heavy (non-hydrogen) atoms. The summed E-state index contributed by atoms with van der Waals surface area (Å²) in [5, 5.41) is 13.7. The Morgan fingerprint density at radius 3 is 2.44 bits per heavy atom. The molecular formula is C16H21F3N4O2. The number of rotatable bonds is 4. The Labute approximate surface area is 143 Å². The van der Waals surface area contributed by atoms with Gasteiger partial charge in [0, 0.05) is 6.04 Å². The van der Waals surface area contributed by atoms with Gasteiger partial charge in [-0.05, 0) is 19.3 Å². The Hall–Kier alpha value is -2.24. The van der Waals surface area contributed by atoms with Crippen LogP contribution in [0.1, 0.15) is 69.2 Å². The predicted molar refractivity (Wildman–Crippen MR) is 83.7 cm³/mol. The molecule has 1 aromatic rings. The van der Waals surface area contributed by atoms with Gasteiger partial charge in [-0.25, -0.2) is 0 Å². The van der Waals surface area contributed by atoms with Crippen LogP contribution in [0.3, 0.4) is 0 Å². The van der Waals surface area contributed by atoms with E-state index in [1.165, 1.54) is 6.07 Å². The molecule has 1 amide bonds. The summed E-state index contributed by atoms with van der Waals surface area (Å²) in [6, 6.07) is -0.0181. The number of carbonyl (C=O) groups is 1. The topological polar surface area (TPSA) is 90.7 Å². The monoisotopic (exact) mass is 358 g/mol. The van der Waals surface area contributed by atoms with Crippen molar-refractivity contribution in [2.75, 3.05) is 0 Å². The van der Waals surface area contributed by atoms with Crippen LogP contribution in [0.25, 0.3) is 0 Å². The van der Waals surface area contributed by atoms with E-state index in [1.54, 1.807) is 6.92 Å². The van der Waals surface area contributed by atoms with Gasteiger partial charge in [0.1, 0.15) is 17.7 Å². The van der Waals surface area contributed by atoms with Crippen molar-refractivity contribution in [1.29, 1.82) is 5.26 Å². The van der Waals surface area contributed by atoms with Gasteiger partial charge >= 0.3 is 6.18 Å². The number of carbonyl (C=O) groups excluding carboxylic acids is 1. The lowest BCUT2D eigenvalue weighted by Gasteiger charge is -2.23. The summed E-state index contributed by atoms with van der Waals surface area (Å²) >= 11 is 0. The third-order valence-corrected chi connectivity index (χ3v) is 4.51. The highest BCUT2D eigenvalue weighted by Crippen LogP contribution is 2.32. The molecule has 9 heteroatoms. The standard InChI is InChI=1S/C16H21F3N4O2/c1-2-12(15(25)21-10-7-5-3-4-6-8-10)23-13(16(17,18)19)11(9-20)14(24)22-23/h10,12H,2-8H2,1H3,(H,21,25)(H,22,24). The summed E-state index contributed by atoms with van der Waals surface area (Å²) in [5.41, 5.74) is -3.56. The quantitative estimate of drug-likeness (QED) is 0.811. The first-order valence-corrected chi connectivity index (χ1v) is 8.41. The molecule has 0 bridgehead atoms. The summed E-state index contributed by atoms with van der Waals surface area (Å²) in [6.45, 7) is 1.56. The first kappa shape index (κ1) is 19.1. The van der Waals surface area contributed by atoms with E-state index in [0.29, 0.717) is 4.68 Å². The summed E-state index contributed by atoms with van der Waals surface area (Å²) in [5.74, 6) is -0.573. The number of aromatic nitrogens is 2. The maximum Gasteiger partial charge on any atom is 0.434 e. The highest BCUT2D eigenvalue weighted by atomic mass is 19.4. The fourth-order valence-electron chi connectivity index (χ4n) is 3.27. The van der Waals surface area contributed by atoms with Gasteiger partial charge in [-0.2, -0.15) is 18.4 Å². The number of alkyl halides is 3. The van der Waals surface area contributed by atoms with Crippen molar-refractivity contribution in [2.45, 2.75) is 70.1 Å². The van der Waals surface area contributed by atoms with Crippen LogP contribution in [0.15, 0.2) is 4.79 Å². The van der Waals surface area contributed by atoms with Crippen molar-refractivity contribution in [3.63, 3.8) is 0 Å². The number of hydrogen-bond donors (Lipinski definition) is 2. The fourth-order valence-corrected chi connectivity index (χ4v) is 3.27. The molecule has 1 unspecified atom stereocenters. The van der Waals surface area contributed by atoms with Crippen LogP contribution in [0.2, 0.25) is 0 Å². The van der Waals surface area contributed by atoms with Gasteiger partial charge in [-0.3, -0.25) is 19.4 Å². The fraction of sp³-hybridized carbons (Fsp3) is 0.688. The van der Waals surface area contributed by atoms with E-state index in [0.717, 1.165) is 38.5 Å². The van der Waals surface area contributed by atoms with Gasteiger partial charge in [-0.15, -0.1) is 0 Å². The van der Waals surface area contributed by atoms with E-state index >= 15 is 0 Å². The van der Waals surface area contributed by atoms with Gasteiger partial charge in [-0.1, -0.05) is 32.6 Å². The number of hydrogen-bond acceptors (Lipinski definition) is 3. The SMILES string of the molecule is CCC(C(=O)NC1CCCCCC1)n1[nH]c(=O)c(C#N)c1C(F)(F)F.